The predicted octanol–water partition coefficient (Wildman–Crippen LogP) is 0.579. The Morgan fingerprint density at radius 3 is 3.07 bits per heavy atom. The molecule has 2 rings (SSSR count). The molecule has 0 radical (unpaired) electrons. The molecule has 0 N–H and O–H groups in total. The van der Waals surface area contributed by atoms with Crippen LogP contribution < -0.4 is 0 Å². The summed E-state index contributed by atoms with van der Waals surface area (Å²) in [5, 5.41) is 0. The van der Waals surface area contributed by atoms with E-state index >= 15 is 0 Å². The van der Waals surface area contributed by atoms with Gasteiger partial charge in [-0.2, -0.15) is 0 Å². The van der Waals surface area contributed by atoms with E-state index in [-0.39, 0.29) is 17.6 Å². The molecule has 0 aromatic carbocycles. The van der Waals surface area contributed by atoms with Crippen molar-refractivity contribution in [3.63, 3.8) is 0 Å². The Hall–Kier alpha value is -0.870. The van der Waals surface area contributed by atoms with E-state index in [1.165, 1.54) is 6.08 Å². The van der Waals surface area contributed by atoms with E-state index in [0.29, 0.717) is 19.7 Å². The molecule has 0 aromatic rings. The van der Waals surface area contributed by atoms with Crippen LogP contribution in [-0.2, 0) is 14.3 Å². The average Bonchev–Trinajstić information content (AvgIpc) is 2.63. The van der Waals surface area contributed by atoms with E-state index in [9.17, 15) is 4.79 Å². The lowest BCUT2D eigenvalue weighted by molar-refractivity contribution is -0.162. The molecule has 4 nitrogen and oxygen atoms in total. The number of amides is 1. The van der Waals surface area contributed by atoms with Crippen molar-refractivity contribution in [3.05, 3.63) is 12.7 Å². The molecule has 0 bridgehead atoms. The van der Waals surface area contributed by atoms with Crippen LogP contribution >= 0.6 is 0 Å². The zero-order valence-corrected chi connectivity index (χ0v) is 9.07. The second-order valence-electron chi connectivity index (χ2n) is 4.34. The summed E-state index contributed by atoms with van der Waals surface area (Å²) in [7, 11) is 0. The lowest BCUT2D eigenvalue weighted by Gasteiger charge is -2.42. The highest BCUT2D eigenvalue weighted by Crippen LogP contribution is 2.29. The first kappa shape index (κ1) is 10.6. The van der Waals surface area contributed by atoms with Gasteiger partial charge in [-0.3, -0.25) is 4.79 Å². The molecule has 0 aliphatic carbocycles. The van der Waals surface area contributed by atoms with Crippen molar-refractivity contribution in [2.75, 3.05) is 26.3 Å². The second kappa shape index (κ2) is 3.94. The van der Waals surface area contributed by atoms with Gasteiger partial charge in [-0.1, -0.05) is 6.58 Å². The maximum atomic E-state index is 11.6. The van der Waals surface area contributed by atoms with Gasteiger partial charge in [0, 0.05) is 19.6 Å². The first-order chi connectivity index (χ1) is 7.15. The van der Waals surface area contributed by atoms with Crippen molar-refractivity contribution in [2.24, 2.45) is 0 Å². The summed E-state index contributed by atoms with van der Waals surface area (Å²) in [5.41, 5.74) is -0.268. The third kappa shape index (κ3) is 2.06. The van der Waals surface area contributed by atoms with Crippen molar-refractivity contribution in [2.45, 2.75) is 25.0 Å². The minimum absolute atomic E-state index is 0.0172. The van der Waals surface area contributed by atoms with Gasteiger partial charge in [0.2, 0.25) is 5.91 Å². The highest BCUT2D eigenvalue weighted by atomic mass is 16.6. The van der Waals surface area contributed by atoms with Crippen molar-refractivity contribution in [3.8, 4) is 0 Å². The zero-order valence-electron chi connectivity index (χ0n) is 9.07. The highest BCUT2D eigenvalue weighted by Gasteiger charge is 2.43. The quantitative estimate of drug-likeness (QED) is 0.595. The van der Waals surface area contributed by atoms with E-state index in [4.69, 9.17) is 9.47 Å². The lowest BCUT2D eigenvalue weighted by atomic mass is 9.99. The van der Waals surface area contributed by atoms with Gasteiger partial charge in [-0.25, -0.2) is 0 Å². The monoisotopic (exact) mass is 211 g/mol. The van der Waals surface area contributed by atoms with Crippen LogP contribution in [0.25, 0.3) is 0 Å². The average molecular weight is 211 g/mol. The van der Waals surface area contributed by atoms with Crippen LogP contribution in [0.3, 0.4) is 0 Å². The van der Waals surface area contributed by atoms with Gasteiger partial charge in [0.15, 0.2) is 0 Å². The summed E-state index contributed by atoms with van der Waals surface area (Å²) in [6.07, 6.45) is 2.31. The van der Waals surface area contributed by atoms with E-state index in [2.05, 4.69) is 6.58 Å². The van der Waals surface area contributed by atoms with E-state index in [1.807, 2.05) is 6.92 Å². The normalized spacial score (nSPS) is 35.8. The first-order valence-corrected chi connectivity index (χ1v) is 5.32. The Bertz CT molecular complexity index is 271. The van der Waals surface area contributed by atoms with Crippen molar-refractivity contribution in [1.82, 2.24) is 4.90 Å². The van der Waals surface area contributed by atoms with Crippen LogP contribution in [0.15, 0.2) is 12.7 Å². The number of nitrogens with zero attached hydrogens (tertiary/aromatic N) is 1. The first-order valence-electron chi connectivity index (χ1n) is 5.32. The number of hydrogen-bond acceptors (Lipinski definition) is 3. The van der Waals surface area contributed by atoms with Gasteiger partial charge >= 0.3 is 0 Å². The summed E-state index contributed by atoms with van der Waals surface area (Å²) in [6.45, 7) is 8.09. The molecular weight excluding hydrogens is 194 g/mol. The molecule has 4 heteroatoms. The third-order valence-electron chi connectivity index (χ3n) is 2.96. The van der Waals surface area contributed by atoms with E-state index < -0.39 is 0 Å². The molecule has 15 heavy (non-hydrogen) atoms. The van der Waals surface area contributed by atoms with Gasteiger partial charge in [0.25, 0.3) is 0 Å². The molecule has 2 aliphatic rings. The fourth-order valence-electron chi connectivity index (χ4n) is 2.33. The van der Waals surface area contributed by atoms with Gasteiger partial charge in [-0.05, 0) is 13.0 Å². The Morgan fingerprint density at radius 2 is 2.47 bits per heavy atom. The van der Waals surface area contributed by atoms with Gasteiger partial charge in [-0.15, -0.1) is 0 Å². The van der Waals surface area contributed by atoms with Gasteiger partial charge in [0.05, 0.1) is 19.3 Å². The minimum atomic E-state index is -0.268. The Kier molecular flexibility index (Phi) is 2.80. The van der Waals surface area contributed by atoms with Crippen LogP contribution in [0.1, 0.15) is 13.3 Å². The Morgan fingerprint density at radius 1 is 1.67 bits per heavy atom. The maximum Gasteiger partial charge on any atom is 0.246 e. The molecule has 84 valence electrons. The topological polar surface area (TPSA) is 38.8 Å². The number of morpholine rings is 1. The zero-order chi connectivity index (χ0) is 10.9. The number of ether oxygens (including phenoxy) is 2. The summed E-state index contributed by atoms with van der Waals surface area (Å²) in [5.74, 6) is -0.0172. The standard InChI is InChI=1S/C11H17NO3/c1-3-10(13)12-6-9(2)15-11(7-12)4-5-14-8-11/h3,9H,1,4-8H2,2H3. The highest BCUT2D eigenvalue weighted by molar-refractivity contribution is 5.87. The van der Waals surface area contributed by atoms with Crippen molar-refractivity contribution < 1.29 is 14.3 Å². The van der Waals surface area contributed by atoms with Crippen LogP contribution in [0.4, 0.5) is 0 Å². The molecular formula is C11H17NO3. The number of carbonyl (C=O) groups excluding carboxylic acids is 1. The largest absolute Gasteiger partial charge is 0.378 e. The van der Waals surface area contributed by atoms with Gasteiger partial charge in [0.1, 0.15) is 5.60 Å². The van der Waals surface area contributed by atoms with Crippen LogP contribution in [0, 0.1) is 0 Å². The van der Waals surface area contributed by atoms with Crippen molar-refractivity contribution >= 4 is 5.91 Å². The molecule has 0 aromatic heterocycles. The van der Waals surface area contributed by atoms with Gasteiger partial charge < -0.3 is 14.4 Å². The molecule has 2 fully saturated rings. The van der Waals surface area contributed by atoms with E-state index in [0.717, 1.165) is 13.0 Å². The van der Waals surface area contributed by atoms with Crippen LogP contribution in [-0.4, -0.2) is 48.8 Å². The summed E-state index contributed by atoms with van der Waals surface area (Å²) in [4.78, 5) is 13.4. The number of hydrogen-bond donors (Lipinski definition) is 0. The Labute approximate surface area is 89.8 Å². The molecule has 0 saturated carbocycles. The molecule has 1 spiro atoms. The molecule has 2 heterocycles. The molecule has 2 aliphatic heterocycles. The van der Waals surface area contributed by atoms with Crippen molar-refractivity contribution in [1.29, 1.82) is 0 Å². The van der Waals surface area contributed by atoms with Crippen LogP contribution in [0.2, 0.25) is 0 Å². The Balaban J connectivity index is 2.09. The smallest absolute Gasteiger partial charge is 0.246 e. The summed E-state index contributed by atoms with van der Waals surface area (Å²) >= 11 is 0. The predicted molar refractivity (Wildman–Crippen MR) is 55.5 cm³/mol. The molecule has 2 atom stereocenters. The van der Waals surface area contributed by atoms with E-state index in [1.54, 1.807) is 4.90 Å². The van der Waals surface area contributed by atoms with Crippen LogP contribution in [0.5, 0.6) is 0 Å². The molecule has 2 unspecified atom stereocenters. The summed E-state index contributed by atoms with van der Waals surface area (Å²) in [6, 6.07) is 0. The second-order valence-corrected chi connectivity index (χ2v) is 4.34. The third-order valence-corrected chi connectivity index (χ3v) is 2.96. The minimum Gasteiger partial charge on any atom is -0.378 e. The molecule has 1 amide bonds. The fourth-order valence-corrected chi connectivity index (χ4v) is 2.33. The maximum absolute atomic E-state index is 11.6. The fraction of sp³-hybridized carbons (Fsp3) is 0.727. The number of carbonyl (C=O) groups is 1. The number of rotatable bonds is 1. The lowest BCUT2D eigenvalue weighted by Crippen LogP contribution is -2.56. The SMILES string of the molecule is C=CC(=O)N1CC(C)OC2(CCOC2)C1. The summed E-state index contributed by atoms with van der Waals surface area (Å²) < 4.78 is 11.3. The molecule has 2 saturated heterocycles.